The van der Waals surface area contributed by atoms with Crippen molar-refractivity contribution < 1.29 is 19.5 Å². The van der Waals surface area contributed by atoms with E-state index in [4.69, 9.17) is 0 Å². The van der Waals surface area contributed by atoms with Crippen LogP contribution in [0.5, 0.6) is 0 Å². The summed E-state index contributed by atoms with van der Waals surface area (Å²) in [6, 6.07) is -0.493. The normalized spacial score (nSPS) is 28.8. The molecule has 0 aromatic rings. The summed E-state index contributed by atoms with van der Waals surface area (Å²) in [5.74, 6) is -2.18. The van der Waals surface area contributed by atoms with Crippen molar-refractivity contribution in [3.8, 4) is 0 Å². The lowest BCUT2D eigenvalue weighted by atomic mass is 9.93. The first-order chi connectivity index (χ1) is 8.95. The van der Waals surface area contributed by atoms with Crippen molar-refractivity contribution in [2.45, 2.75) is 52.0 Å². The van der Waals surface area contributed by atoms with Crippen molar-refractivity contribution in [1.82, 2.24) is 4.90 Å². The lowest BCUT2D eigenvalue weighted by Crippen LogP contribution is -2.47. The van der Waals surface area contributed by atoms with Crippen LogP contribution in [0.15, 0.2) is 11.1 Å². The topological polar surface area (TPSA) is 74.7 Å². The van der Waals surface area contributed by atoms with Crippen molar-refractivity contribution in [1.29, 1.82) is 0 Å². The molecule has 0 saturated heterocycles. The zero-order chi connectivity index (χ0) is 14.2. The molecule has 1 aliphatic carbocycles. The van der Waals surface area contributed by atoms with Crippen LogP contribution in [-0.2, 0) is 14.4 Å². The summed E-state index contributed by atoms with van der Waals surface area (Å²) in [5.41, 5.74) is 0.886. The van der Waals surface area contributed by atoms with E-state index in [0.717, 1.165) is 19.3 Å². The lowest BCUT2D eigenvalue weighted by Gasteiger charge is -2.30. The summed E-state index contributed by atoms with van der Waals surface area (Å²) in [7, 11) is 0. The lowest BCUT2D eigenvalue weighted by molar-refractivity contribution is -0.149. The van der Waals surface area contributed by atoms with E-state index in [9.17, 15) is 19.5 Å². The van der Waals surface area contributed by atoms with E-state index < -0.39 is 17.9 Å². The third kappa shape index (κ3) is 2.29. The Morgan fingerprint density at radius 2 is 1.58 bits per heavy atom. The number of amides is 2. The largest absolute Gasteiger partial charge is 0.481 e. The number of hydrogen-bond acceptors (Lipinski definition) is 3. The Kier molecular flexibility index (Phi) is 3.73. The highest BCUT2D eigenvalue weighted by Gasteiger charge is 2.43. The average Bonchev–Trinajstić information content (AvgIpc) is 2.57. The minimum absolute atomic E-state index is 0.319. The number of rotatable bonds is 2. The van der Waals surface area contributed by atoms with Gasteiger partial charge in [0, 0.05) is 11.1 Å². The highest BCUT2D eigenvalue weighted by atomic mass is 16.4. The number of aliphatic carboxylic acids is 1. The molecule has 1 saturated carbocycles. The van der Waals surface area contributed by atoms with E-state index in [1.165, 1.54) is 4.90 Å². The SMILES string of the molecule is CC1=C(C)C(=O)N(C2CCCCCC2C(=O)O)C1=O. The maximum Gasteiger partial charge on any atom is 0.308 e. The molecule has 1 N–H and O–H groups in total. The fourth-order valence-corrected chi connectivity index (χ4v) is 2.96. The smallest absolute Gasteiger partial charge is 0.308 e. The van der Waals surface area contributed by atoms with Crippen LogP contribution in [0.2, 0.25) is 0 Å². The number of nitrogens with zero attached hydrogens (tertiary/aromatic N) is 1. The monoisotopic (exact) mass is 265 g/mol. The zero-order valence-electron chi connectivity index (χ0n) is 11.3. The molecule has 5 nitrogen and oxygen atoms in total. The Bertz CT molecular complexity index is 442. The number of hydrogen-bond donors (Lipinski definition) is 1. The van der Waals surface area contributed by atoms with Crippen LogP contribution in [0.4, 0.5) is 0 Å². The van der Waals surface area contributed by atoms with Gasteiger partial charge in [-0.15, -0.1) is 0 Å². The van der Waals surface area contributed by atoms with Crippen molar-refractivity contribution in [2.75, 3.05) is 0 Å². The average molecular weight is 265 g/mol. The van der Waals surface area contributed by atoms with Gasteiger partial charge in [0.25, 0.3) is 11.8 Å². The number of carboxylic acids is 1. The van der Waals surface area contributed by atoms with Crippen molar-refractivity contribution in [2.24, 2.45) is 5.92 Å². The molecular weight excluding hydrogens is 246 g/mol. The minimum Gasteiger partial charge on any atom is -0.481 e. The number of carboxylic acid groups (broad SMARTS) is 1. The molecule has 1 fully saturated rings. The molecule has 1 aliphatic heterocycles. The number of carbonyl (C=O) groups is 3. The molecule has 19 heavy (non-hydrogen) atoms. The quantitative estimate of drug-likeness (QED) is 0.609. The maximum atomic E-state index is 12.2. The van der Waals surface area contributed by atoms with Gasteiger partial charge in [-0.3, -0.25) is 19.3 Å². The molecule has 2 rings (SSSR count). The zero-order valence-corrected chi connectivity index (χ0v) is 11.3. The first-order valence-corrected chi connectivity index (χ1v) is 6.73. The second kappa shape index (κ2) is 5.15. The predicted octanol–water partition coefficient (Wildman–Crippen LogP) is 1.73. The molecule has 0 aromatic carbocycles. The minimum atomic E-state index is -0.908. The van der Waals surface area contributed by atoms with Crippen molar-refractivity contribution in [3.63, 3.8) is 0 Å². The molecule has 2 amide bonds. The summed E-state index contributed by atoms with van der Waals surface area (Å²) in [4.78, 5) is 36.9. The van der Waals surface area contributed by atoms with Crippen molar-refractivity contribution >= 4 is 17.8 Å². The van der Waals surface area contributed by atoms with E-state index >= 15 is 0 Å². The second-order valence-electron chi connectivity index (χ2n) is 5.38. The molecule has 0 spiro atoms. The molecule has 2 atom stereocenters. The van der Waals surface area contributed by atoms with Gasteiger partial charge in [0.1, 0.15) is 0 Å². The van der Waals surface area contributed by atoms with Gasteiger partial charge in [0.15, 0.2) is 0 Å². The third-order valence-corrected chi connectivity index (χ3v) is 4.27. The molecule has 0 bridgehead atoms. The summed E-state index contributed by atoms with van der Waals surface area (Å²) in [6.07, 6.45) is 3.80. The van der Waals surface area contributed by atoms with Crippen molar-refractivity contribution in [3.05, 3.63) is 11.1 Å². The van der Waals surface area contributed by atoms with Crippen LogP contribution in [0, 0.1) is 5.92 Å². The summed E-state index contributed by atoms with van der Waals surface area (Å²) < 4.78 is 0. The first-order valence-electron chi connectivity index (χ1n) is 6.73. The van der Waals surface area contributed by atoms with E-state index in [1.807, 2.05) is 0 Å². The fraction of sp³-hybridized carbons (Fsp3) is 0.643. The fourth-order valence-electron chi connectivity index (χ4n) is 2.96. The molecule has 0 radical (unpaired) electrons. The Balaban J connectivity index is 2.31. The third-order valence-electron chi connectivity index (χ3n) is 4.27. The van der Waals surface area contributed by atoms with E-state index in [0.29, 0.717) is 24.0 Å². The molecule has 104 valence electrons. The maximum absolute atomic E-state index is 12.2. The molecule has 2 unspecified atom stereocenters. The van der Waals surface area contributed by atoms with Gasteiger partial charge >= 0.3 is 5.97 Å². The van der Waals surface area contributed by atoms with Crippen LogP contribution in [0.1, 0.15) is 46.0 Å². The van der Waals surface area contributed by atoms with Crippen LogP contribution >= 0.6 is 0 Å². The van der Waals surface area contributed by atoms with Gasteiger partial charge in [-0.1, -0.05) is 19.3 Å². The number of carbonyl (C=O) groups excluding carboxylic acids is 2. The van der Waals surface area contributed by atoms with E-state index in [2.05, 4.69) is 0 Å². The van der Waals surface area contributed by atoms with E-state index in [-0.39, 0.29) is 11.8 Å². The van der Waals surface area contributed by atoms with Gasteiger partial charge < -0.3 is 5.11 Å². The molecular formula is C14H19NO4. The molecule has 5 heteroatoms. The van der Waals surface area contributed by atoms with Gasteiger partial charge in [-0.2, -0.15) is 0 Å². The molecule has 0 aromatic heterocycles. The summed E-state index contributed by atoms with van der Waals surface area (Å²) in [5, 5.41) is 9.34. The Morgan fingerprint density at radius 3 is 2.11 bits per heavy atom. The van der Waals surface area contributed by atoms with Crippen LogP contribution < -0.4 is 0 Å². The first kappa shape index (κ1) is 13.8. The highest BCUT2D eigenvalue weighted by molar-refractivity contribution is 6.19. The van der Waals surface area contributed by atoms with Gasteiger partial charge in [0.2, 0.25) is 0 Å². The van der Waals surface area contributed by atoms with Gasteiger partial charge in [-0.25, -0.2) is 0 Å². The Morgan fingerprint density at radius 1 is 1.05 bits per heavy atom. The van der Waals surface area contributed by atoms with Crippen LogP contribution in [-0.4, -0.2) is 33.8 Å². The number of imide groups is 1. The van der Waals surface area contributed by atoms with Crippen LogP contribution in [0.3, 0.4) is 0 Å². The second-order valence-corrected chi connectivity index (χ2v) is 5.38. The van der Waals surface area contributed by atoms with E-state index in [1.54, 1.807) is 13.8 Å². The molecule has 2 aliphatic rings. The Hall–Kier alpha value is -1.65. The summed E-state index contributed by atoms with van der Waals surface area (Å²) >= 11 is 0. The molecule has 1 heterocycles. The summed E-state index contributed by atoms with van der Waals surface area (Å²) in [6.45, 7) is 3.25. The predicted molar refractivity (Wildman–Crippen MR) is 68.2 cm³/mol. The standard InChI is InChI=1S/C14H19NO4/c1-8-9(2)13(17)15(12(8)16)11-7-5-3-4-6-10(11)14(18)19/h10-11H,3-7H2,1-2H3,(H,18,19). The van der Waals surface area contributed by atoms with Gasteiger partial charge in [0.05, 0.1) is 12.0 Å². The van der Waals surface area contributed by atoms with Gasteiger partial charge in [-0.05, 0) is 26.7 Å². The Labute approximate surface area is 112 Å². The van der Waals surface area contributed by atoms with Crippen LogP contribution in [0.25, 0.3) is 0 Å². The highest BCUT2D eigenvalue weighted by Crippen LogP contribution is 2.32.